The summed E-state index contributed by atoms with van der Waals surface area (Å²) in [5.41, 5.74) is 0.746. The van der Waals surface area contributed by atoms with Crippen molar-refractivity contribution in [2.24, 2.45) is 0 Å². The van der Waals surface area contributed by atoms with Gasteiger partial charge < -0.3 is 10.4 Å². The summed E-state index contributed by atoms with van der Waals surface area (Å²) in [6.07, 6.45) is 2.83. The average molecular weight is 221 g/mol. The van der Waals surface area contributed by atoms with Gasteiger partial charge in [0.05, 0.1) is 0 Å². The molecule has 1 atom stereocenters. The van der Waals surface area contributed by atoms with Gasteiger partial charge in [-0.05, 0) is 43.2 Å². The molecule has 2 N–H and O–H groups in total. The Balaban J connectivity index is 2.30. The average Bonchev–Trinajstić information content (AvgIpc) is 2.31. The van der Waals surface area contributed by atoms with Crippen LogP contribution in [0, 0.1) is 5.82 Å². The van der Waals surface area contributed by atoms with Crippen LogP contribution < -0.4 is 5.32 Å². The molecule has 1 aliphatic rings. The molecule has 16 heavy (non-hydrogen) atoms. The van der Waals surface area contributed by atoms with Gasteiger partial charge in [0.15, 0.2) is 0 Å². The summed E-state index contributed by atoms with van der Waals surface area (Å²) in [6.45, 7) is 3.42. The van der Waals surface area contributed by atoms with Crippen LogP contribution in [0.3, 0.4) is 0 Å². The SMILES string of the molecule is CC(O)(C1=CCNCC1)c1ccc(F)cc1. The van der Waals surface area contributed by atoms with E-state index in [0.29, 0.717) is 0 Å². The predicted molar refractivity (Wildman–Crippen MR) is 61.5 cm³/mol. The van der Waals surface area contributed by atoms with Gasteiger partial charge in [0, 0.05) is 6.54 Å². The summed E-state index contributed by atoms with van der Waals surface area (Å²) in [4.78, 5) is 0. The molecule has 0 amide bonds. The largest absolute Gasteiger partial charge is 0.381 e. The second kappa shape index (κ2) is 4.36. The molecule has 1 aromatic rings. The molecule has 2 nitrogen and oxygen atoms in total. The van der Waals surface area contributed by atoms with Crippen LogP contribution in [0.25, 0.3) is 0 Å². The second-order valence-corrected chi connectivity index (χ2v) is 4.26. The lowest BCUT2D eigenvalue weighted by Crippen LogP contribution is -2.31. The Bertz CT molecular complexity index is 395. The van der Waals surface area contributed by atoms with E-state index < -0.39 is 5.60 Å². The minimum absolute atomic E-state index is 0.279. The van der Waals surface area contributed by atoms with Gasteiger partial charge in [0.2, 0.25) is 0 Å². The highest BCUT2D eigenvalue weighted by Crippen LogP contribution is 2.31. The summed E-state index contributed by atoms with van der Waals surface area (Å²) in [7, 11) is 0. The zero-order valence-electron chi connectivity index (χ0n) is 9.33. The summed E-state index contributed by atoms with van der Waals surface area (Å²) >= 11 is 0. The lowest BCUT2D eigenvalue weighted by Gasteiger charge is -2.29. The molecular weight excluding hydrogens is 205 g/mol. The van der Waals surface area contributed by atoms with Crippen molar-refractivity contribution in [3.63, 3.8) is 0 Å². The van der Waals surface area contributed by atoms with Crippen molar-refractivity contribution < 1.29 is 9.50 Å². The standard InChI is InChI=1S/C13H16FNO/c1-13(16,11-6-8-15-9-7-11)10-2-4-12(14)5-3-10/h2-6,15-16H,7-9H2,1H3. The maximum absolute atomic E-state index is 12.8. The number of rotatable bonds is 2. The molecule has 1 aromatic carbocycles. The number of nitrogens with one attached hydrogen (secondary N) is 1. The number of aliphatic hydroxyl groups is 1. The van der Waals surface area contributed by atoms with Crippen molar-refractivity contribution in [3.8, 4) is 0 Å². The van der Waals surface area contributed by atoms with Crippen LogP contribution in [0.5, 0.6) is 0 Å². The first kappa shape index (κ1) is 11.3. The molecule has 2 rings (SSSR count). The third-order valence-corrected chi connectivity index (χ3v) is 3.10. The van der Waals surface area contributed by atoms with E-state index in [1.807, 2.05) is 6.08 Å². The van der Waals surface area contributed by atoms with E-state index in [2.05, 4.69) is 5.32 Å². The highest BCUT2D eigenvalue weighted by molar-refractivity contribution is 5.33. The molecule has 0 radical (unpaired) electrons. The van der Waals surface area contributed by atoms with Crippen LogP contribution in [-0.2, 0) is 5.60 Å². The fraction of sp³-hybridized carbons (Fsp3) is 0.385. The Morgan fingerprint density at radius 3 is 2.56 bits per heavy atom. The Morgan fingerprint density at radius 1 is 1.31 bits per heavy atom. The molecule has 86 valence electrons. The maximum Gasteiger partial charge on any atom is 0.123 e. The fourth-order valence-electron chi connectivity index (χ4n) is 2.02. The van der Waals surface area contributed by atoms with Crippen molar-refractivity contribution in [3.05, 3.63) is 47.3 Å². The van der Waals surface area contributed by atoms with E-state index >= 15 is 0 Å². The first-order chi connectivity index (χ1) is 7.60. The smallest absolute Gasteiger partial charge is 0.123 e. The third kappa shape index (κ3) is 2.15. The maximum atomic E-state index is 12.8. The third-order valence-electron chi connectivity index (χ3n) is 3.10. The van der Waals surface area contributed by atoms with Gasteiger partial charge in [-0.15, -0.1) is 0 Å². The van der Waals surface area contributed by atoms with Gasteiger partial charge in [-0.3, -0.25) is 0 Å². The summed E-state index contributed by atoms with van der Waals surface area (Å²) in [5, 5.41) is 13.7. The van der Waals surface area contributed by atoms with E-state index in [4.69, 9.17) is 0 Å². The summed E-state index contributed by atoms with van der Waals surface area (Å²) < 4.78 is 12.8. The first-order valence-electron chi connectivity index (χ1n) is 5.49. The van der Waals surface area contributed by atoms with Crippen molar-refractivity contribution in [2.45, 2.75) is 18.9 Å². The number of benzene rings is 1. The molecular formula is C13H16FNO. The van der Waals surface area contributed by atoms with Crippen molar-refractivity contribution in [1.82, 2.24) is 5.32 Å². The van der Waals surface area contributed by atoms with E-state index in [1.54, 1.807) is 19.1 Å². The van der Waals surface area contributed by atoms with Crippen LogP contribution in [0.2, 0.25) is 0 Å². The van der Waals surface area contributed by atoms with Gasteiger partial charge >= 0.3 is 0 Å². The Hall–Kier alpha value is -1.19. The Kier molecular flexibility index (Phi) is 3.08. The minimum atomic E-state index is -0.990. The lowest BCUT2D eigenvalue weighted by molar-refractivity contribution is 0.0920. The van der Waals surface area contributed by atoms with Crippen LogP contribution in [0.15, 0.2) is 35.9 Å². The van der Waals surface area contributed by atoms with Gasteiger partial charge in [-0.25, -0.2) is 4.39 Å². The summed E-state index contributed by atoms with van der Waals surface area (Å²) in [5.74, 6) is -0.279. The van der Waals surface area contributed by atoms with E-state index in [1.165, 1.54) is 12.1 Å². The fourth-order valence-corrected chi connectivity index (χ4v) is 2.02. The van der Waals surface area contributed by atoms with E-state index in [-0.39, 0.29) is 5.82 Å². The second-order valence-electron chi connectivity index (χ2n) is 4.26. The Morgan fingerprint density at radius 2 is 2.00 bits per heavy atom. The van der Waals surface area contributed by atoms with E-state index in [0.717, 1.165) is 30.6 Å². The Labute approximate surface area is 94.8 Å². The summed E-state index contributed by atoms with van der Waals surface area (Å²) in [6, 6.07) is 6.04. The van der Waals surface area contributed by atoms with Crippen molar-refractivity contribution >= 4 is 0 Å². The number of halogens is 1. The highest BCUT2D eigenvalue weighted by Gasteiger charge is 2.28. The zero-order valence-corrected chi connectivity index (χ0v) is 9.33. The number of hydrogen-bond acceptors (Lipinski definition) is 2. The van der Waals surface area contributed by atoms with Gasteiger partial charge in [-0.2, -0.15) is 0 Å². The zero-order chi connectivity index (χ0) is 11.6. The van der Waals surface area contributed by atoms with Gasteiger partial charge in [0.25, 0.3) is 0 Å². The molecule has 0 saturated heterocycles. The number of hydrogen-bond donors (Lipinski definition) is 2. The van der Waals surface area contributed by atoms with Crippen LogP contribution in [0.1, 0.15) is 18.9 Å². The molecule has 0 aromatic heterocycles. The molecule has 0 fully saturated rings. The van der Waals surface area contributed by atoms with Crippen LogP contribution in [-0.4, -0.2) is 18.2 Å². The normalized spacial score (nSPS) is 20.1. The molecule has 0 saturated carbocycles. The van der Waals surface area contributed by atoms with Crippen molar-refractivity contribution in [1.29, 1.82) is 0 Å². The lowest BCUT2D eigenvalue weighted by atomic mass is 9.85. The monoisotopic (exact) mass is 221 g/mol. The molecule has 0 aliphatic carbocycles. The predicted octanol–water partition coefficient (Wildman–Crippen LogP) is 1.95. The van der Waals surface area contributed by atoms with Crippen LogP contribution >= 0.6 is 0 Å². The first-order valence-corrected chi connectivity index (χ1v) is 5.49. The molecule has 1 aliphatic heterocycles. The van der Waals surface area contributed by atoms with E-state index in [9.17, 15) is 9.50 Å². The van der Waals surface area contributed by atoms with Gasteiger partial charge in [0.1, 0.15) is 11.4 Å². The van der Waals surface area contributed by atoms with Gasteiger partial charge in [-0.1, -0.05) is 18.2 Å². The minimum Gasteiger partial charge on any atom is -0.381 e. The molecule has 1 unspecified atom stereocenters. The molecule has 0 bridgehead atoms. The van der Waals surface area contributed by atoms with Crippen LogP contribution in [0.4, 0.5) is 4.39 Å². The quantitative estimate of drug-likeness (QED) is 0.748. The molecule has 3 heteroatoms. The van der Waals surface area contributed by atoms with Crippen molar-refractivity contribution in [2.75, 3.05) is 13.1 Å². The molecule has 0 spiro atoms. The highest BCUT2D eigenvalue weighted by atomic mass is 19.1. The molecule has 1 heterocycles. The topological polar surface area (TPSA) is 32.3 Å².